The van der Waals surface area contributed by atoms with E-state index in [0.29, 0.717) is 19.8 Å². The van der Waals surface area contributed by atoms with Crippen molar-refractivity contribution in [2.45, 2.75) is 40.2 Å². The van der Waals surface area contributed by atoms with E-state index in [4.69, 9.17) is 9.47 Å². The number of aryl methyl sites for hydroxylation is 3. The Bertz CT molecular complexity index is 774. The van der Waals surface area contributed by atoms with Gasteiger partial charge in [0.2, 0.25) is 0 Å². The van der Waals surface area contributed by atoms with E-state index >= 15 is 0 Å². The van der Waals surface area contributed by atoms with Gasteiger partial charge in [-0.1, -0.05) is 12.1 Å². The molecule has 1 aromatic carbocycles. The minimum atomic E-state index is 0.644. The first-order chi connectivity index (χ1) is 13.5. The molecule has 0 saturated heterocycles. The van der Waals surface area contributed by atoms with Crippen molar-refractivity contribution in [3.05, 3.63) is 44.9 Å². The van der Waals surface area contributed by atoms with E-state index in [1.165, 1.54) is 10.4 Å². The van der Waals surface area contributed by atoms with Crippen molar-refractivity contribution in [3.63, 3.8) is 0 Å². The van der Waals surface area contributed by atoms with E-state index in [1.54, 1.807) is 25.5 Å². The highest BCUT2D eigenvalue weighted by Gasteiger charge is 2.07. The zero-order valence-corrected chi connectivity index (χ0v) is 18.4. The molecule has 7 heteroatoms. The zero-order valence-electron chi connectivity index (χ0n) is 17.6. The van der Waals surface area contributed by atoms with Gasteiger partial charge in [0.05, 0.1) is 17.3 Å². The number of hydrogen-bond acceptors (Lipinski definition) is 5. The molecule has 0 unspecified atom stereocenters. The van der Waals surface area contributed by atoms with Crippen LogP contribution in [0.15, 0.2) is 23.2 Å². The molecule has 0 radical (unpaired) electrons. The fourth-order valence-electron chi connectivity index (χ4n) is 2.83. The summed E-state index contributed by atoms with van der Waals surface area (Å²) in [7, 11) is 3.49. The van der Waals surface area contributed by atoms with Crippen LogP contribution < -0.4 is 15.4 Å². The van der Waals surface area contributed by atoms with Crippen molar-refractivity contribution >= 4 is 17.3 Å². The van der Waals surface area contributed by atoms with Crippen LogP contribution >= 0.6 is 11.3 Å². The first-order valence-electron chi connectivity index (χ1n) is 9.62. The molecule has 1 heterocycles. The van der Waals surface area contributed by atoms with Crippen LogP contribution in [0.1, 0.15) is 33.1 Å². The maximum absolute atomic E-state index is 5.95. The van der Waals surface area contributed by atoms with Gasteiger partial charge in [-0.3, -0.25) is 4.99 Å². The van der Waals surface area contributed by atoms with Gasteiger partial charge in [-0.15, -0.1) is 11.3 Å². The number of rotatable bonds is 10. The maximum atomic E-state index is 5.95. The quantitative estimate of drug-likeness (QED) is 0.361. The van der Waals surface area contributed by atoms with Crippen molar-refractivity contribution in [2.75, 3.05) is 33.9 Å². The minimum Gasteiger partial charge on any atom is -0.493 e. The Kier molecular flexibility index (Phi) is 9.23. The summed E-state index contributed by atoms with van der Waals surface area (Å²) >= 11 is 1.76. The number of nitrogens with one attached hydrogen (secondary N) is 2. The summed E-state index contributed by atoms with van der Waals surface area (Å²) < 4.78 is 11.0. The molecule has 2 N–H and O–H groups in total. The van der Waals surface area contributed by atoms with E-state index in [-0.39, 0.29) is 0 Å². The lowest BCUT2D eigenvalue weighted by molar-refractivity contribution is 0.172. The summed E-state index contributed by atoms with van der Waals surface area (Å²) in [4.78, 5) is 10.1. The molecule has 0 aliphatic rings. The highest BCUT2D eigenvalue weighted by atomic mass is 32.1. The van der Waals surface area contributed by atoms with E-state index in [2.05, 4.69) is 52.7 Å². The molecule has 0 bridgehead atoms. The Morgan fingerprint density at radius 2 is 2.00 bits per heavy atom. The highest BCUT2D eigenvalue weighted by Crippen LogP contribution is 2.20. The van der Waals surface area contributed by atoms with Crippen LogP contribution in [0.3, 0.4) is 0 Å². The van der Waals surface area contributed by atoms with Crippen molar-refractivity contribution in [1.29, 1.82) is 0 Å². The Hall–Kier alpha value is -2.12. The summed E-state index contributed by atoms with van der Waals surface area (Å²) in [6.45, 7) is 9.00. The van der Waals surface area contributed by atoms with Crippen LogP contribution in [0.4, 0.5) is 0 Å². The predicted octanol–water partition coefficient (Wildman–Crippen LogP) is 3.39. The molecule has 2 rings (SSSR count). The van der Waals surface area contributed by atoms with Crippen molar-refractivity contribution in [2.24, 2.45) is 4.99 Å². The Morgan fingerprint density at radius 3 is 2.68 bits per heavy atom. The highest BCUT2D eigenvalue weighted by molar-refractivity contribution is 7.11. The molecule has 0 amide bonds. The van der Waals surface area contributed by atoms with Crippen LogP contribution in [0.25, 0.3) is 0 Å². The van der Waals surface area contributed by atoms with Crippen molar-refractivity contribution < 1.29 is 9.47 Å². The number of hydrogen-bond donors (Lipinski definition) is 2. The normalized spacial score (nSPS) is 11.5. The molecular weight excluding hydrogens is 372 g/mol. The molecule has 0 atom stereocenters. The Labute approximate surface area is 172 Å². The fraction of sp³-hybridized carbons (Fsp3) is 0.524. The number of aromatic nitrogens is 1. The second-order valence-corrected chi connectivity index (χ2v) is 7.94. The standard InChI is InChI=1S/C21H32N4O2S/c1-15-7-8-18(19(13-15)27-12-6-11-26-5)14-24-21(22-4)23-10-9-20-16(2)25-17(3)28-20/h7-8,13H,6,9-12,14H2,1-5H3,(H2,22,23,24). The predicted molar refractivity (Wildman–Crippen MR) is 117 cm³/mol. The van der Waals surface area contributed by atoms with Crippen LogP contribution in [0, 0.1) is 20.8 Å². The van der Waals surface area contributed by atoms with Crippen LogP contribution in [-0.2, 0) is 17.7 Å². The molecular formula is C21H32N4O2S. The maximum Gasteiger partial charge on any atom is 0.191 e. The second kappa shape index (κ2) is 11.7. The summed E-state index contributed by atoms with van der Waals surface area (Å²) in [6.07, 6.45) is 1.81. The van der Waals surface area contributed by atoms with Gasteiger partial charge in [0.15, 0.2) is 5.96 Å². The number of guanidine groups is 1. The molecule has 28 heavy (non-hydrogen) atoms. The van der Waals surface area contributed by atoms with Gasteiger partial charge in [-0.25, -0.2) is 4.98 Å². The van der Waals surface area contributed by atoms with Gasteiger partial charge in [-0.05, 0) is 32.4 Å². The van der Waals surface area contributed by atoms with Crippen molar-refractivity contribution in [1.82, 2.24) is 15.6 Å². The number of nitrogens with zero attached hydrogens (tertiary/aromatic N) is 2. The Balaban J connectivity index is 1.85. The lowest BCUT2D eigenvalue weighted by atomic mass is 10.1. The van der Waals surface area contributed by atoms with Gasteiger partial charge < -0.3 is 20.1 Å². The topological polar surface area (TPSA) is 67.8 Å². The Morgan fingerprint density at radius 1 is 1.18 bits per heavy atom. The summed E-state index contributed by atoms with van der Waals surface area (Å²) in [6, 6.07) is 6.28. The van der Waals surface area contributed by atoms with Gasteiger partial charge in [0.1, 0.15) is 5.75 Å². The first kappa shape index (κ1) is 22.2. The van der Waals surface area contributed by atoms with Crippen LogP contribution in [0.5, 0.6) is 5.75 Å². The van der Waals surface area contributed by atoms with Gasteiger partial charge in [0.25, 0.3) is 0 Å². The molecule has 0 aliphatic heterocycles. The summed E-state index contributed by atoms with van der Waals surface area (Å²) in [5.41, 5.74) is 3.42. The lowest BCUT2D eigenvalue weighted by Crippen LogP contribution is -2.37. The first-order valence-corrected chi connectivity index (χ1v) is 10.4. The zero-order chi connectivity index (χ0) is 20.4. The third kappa shape index (κ3) is 7.13. The summed E-state index contributed by atoms with van der Waals surface area (Å²) in [5, 5.41) is 7.87. The SMILES string of the molecule is CN=C(NCCc1sc(C)nc1C)NCc1ccc(C)cc1OCCCOC. The van der Waals surface area contributed by atoms with E-state index < -0.39 is 0 Å². The molecule has 1 aromatic heterocycles. The summed E-state index contributed by atoms with van der Waals surface area (Å²) in [5.74, 6) is 1.69. The molecule has 0 fully saturated rings. The van der Waals surface area contributed by atoms with E-state index in [9.17, 15) is 0 Å². The number of thiazole rings is 1. The molecule has 154 valence electrons. The molecule has 6 nitrogen and oxygen atoms in total. The largest absolute Gasteiger partial charge is 0.493 e. The van der Waals surface area contributed by atoms with Gasteiger partial charge in [-0.2, -0.15) is 0 Å². The average molecular weight is 405 g/mol. The lowest BCUT2D eigenvalue weighted by Gasteiger charge is -2.15. The minimum absolute atomic E-state index is 0.644. The monoisotopic (exact) mass is 404 g/mol. The van der Waals surface area contributed by atoms with E-state index in [0.717, 1.165) is 47.4 Å². The van der Waals surface area contributed by atoms with Gasteiger partial charge >= 0.3 is 0 Å². The van der Waals surface area contributed by atoms with E-state index in [1.807, 2.05) is 6.92 Å². The number of benzene rings is 1. The van der Waals surface area contributed by atoms with Crippen LogP contribution in [-0.4, -0.2) is 44.9 Å². The molecule has 0 aliphatic carbocycles. The number of ether oxygens (including phenoxy) is 2. The van der Waals surface area contributed by atoms with Crippen LogP contribution in [0.2, 0.25) is 0 Å². The molecule has 2 aromatic rings. The number of aliphatic imine (C=N–C) groups is 1. The fourth-order valence-corrected chi connectivity index (χ4v) is 3.76. The smallest absolute Gasteiger partial charge is 0.191 e. The average Bonchev–Trinajstić information content (AvgIpc) is 3.00. The molecule has 0 saturated carbocycles. The second-order valence-electron chi connectivity index (χ2n) is 6.65. The van der Waals surface area contributed by atoms with Crippen molar-refractivity contribution in [3.8, 4) is 5.75 Å². The third-order valence-corrected chi connectivity index (χ3v) is 5.42. The molecule has 0 spiro atoms. The van der Waals surface area contributed by atoms with Gasteiger partial charge in [0, 0.05) is 57.1 Å². The third-order valence-electron chi connectivity index (χ3n) is 4.29. The number of methoxy groups -OCH3 is 1.